The molecular weight excluding hydrogens is 390 g/mol. The van der Waals surface area contributed by atoms with Gasteiger partial charge in [0.15, 0.2) is 5.82 Å². The first kappa shape index (κ1) is 18.1. The molecule has 1 aliphatic carbocycles. The van der Waals surface area contributed by atoms with E-state index in [-0.39, 0.29) is 18.3 Å². The van der Waals surface area contributed by atoms with Crippen LogP contribution in [0.2, 0.25) is 5.02 Å². The van der Waals surface area contributed by atoms with Gasteiger partial charge in [-0.15, -0.1) is 0 Å². The second kappa shape index (κ2) is 7.15. The van der Waals surface area contributed by atoms with Gasteiger partial charge in [-0.25, -0.2) is 9.78 Å². The highest BCUT2D eigenvalue weighted by Gasteiger charge is 2.29. The number of pyridine rings is 1. The Morgan fingerprint density at radius 1 is 1.21 bits per heavy atom. The lowest BCUT2D eigenvalue weighted by Gasteiger charge is -2.10. The van der Waals surface area contributed by atoms with Crippen molar-refractivity contribution in [2.75, 3.05) is 6.61 Å². The van der Waals surface area contributed by atoms with Crippen LogP contribution in [0.1, 0.15) is 38.1 Å². The van der Waals surface area contributed by atoms with Gasteiger partial charge in [0.25, 0.3) is 0 Å². The molecule has 1 fully saturated rings. The maximum absolute atomic E-state index is 13.1. The van der Waals surface area contributed by atoms with Crippen LogP contribution < -0.4 is 10.4 Å². The Morgan fingerprint density at radius 2 is 2.07 bits per heavy atom. The van der Waals surface area contributed by atoms with Crippen molar-refractivity contribution in [3.05, 3.63) is 58.0 Å². The molecule has 1 aromatic carbocycles. The van der Waals surface area contributed by atoms with E-state index in [1.165, 1.54) is 0 Å². The molecule has 0 aliphatic heterocycles. The van der Waals surface area contributed by atoms with Crippen molar-refractivity contribution < 1.29 is 4.74 Å². The van der Waals surface area contributed by atoms with Gasteiger partial charge in [0.05, 0.1) is 41.3 Å². The third-order valence-electron chi connectivity index (χ3n) is 5.09. The van der Waals surface area contributed by atoms with Crippen molar-refractivity contribution in [2.45, 2.75) is 38.8 Å². The highest BCUT2D eigenvalue weighted by atomic mass is 35.5. The summed E-state index contributed by atoms with van der Waals surface area (Å²) in [5.41, 5.74) is 2.33. The Kier molecular flexibility index (Phi) is 4.47. The largest absolute Gasteiger partial charge is 0.477 e. The van der Waals surface area contributed by atoms with Gasteiger partial charge in [-0.05, 0) is 43.5 Å². The molecule has 1 saturated carbocycles. The van der Waals surface area contributed by atoms with Crippen LogP contribution in [0.4, 0.5) is 0 Å². The topological polar surface area (TPSA) is 74.8 Å². The van der Waals surface area contributed by atoms with Crippen molar-refractivity contribution in [2.24, 2.45) is 0 Å². The molecule has 0 N–H and O–H groups in total. The molecule has 1 aliphatic rings. The standard InChI is InChI=1S/C21H20ClN5O2/c1-2-9-29-20-15-6-3-13(22)10-16(15)24-19(25-20)12-26-18-11-23-8-7-17(18)27(21(26)28)14-4-5-14/h3,6-8,10-11,14H,2,4-5,9,12H2,1H3. The number of halogens is 1. The van der Waals surface area contributed by atoms with E-state index in [0.29, 0.717) is 28.9 Å². The Labute approximate surface area is 171 Å². The minimum Gasteiger partial charge on any atom is -0.477 e. The van der Waals surface area contributed by atoms with Gasteiger partial charge >= 0.3 is 5.69 Å². The Balaban J connectivity index is 1.64. The van der Waals surface area contributed by atoms with E-state index in [4.69, 9.17) is 16.3 Å². The number of nitrogens with zero attached hydrogens (tertiary/aromatic N) is 5. The lowest BCUT2D eigenvalue weighted by Crippen LogP contribution is -2.25. The van der Waals surface area contributed by atoms with Crippen LogP contribution in [0.5, 0.6) is 5.88 Å². The second-order valence-electron chi connectivity index (χ2n) is 7.29. The average Bonchev–Trinajstić information content (AvgIpc) is 3.51. The number of hydrogen-bond acceptors (Lipinski definition) is 5. The summed E-state index contributed by atoms with van der Waals surface area (Å²) in [5.74, 6) is 1.02. The van der Waals surface area contributed by atoms with E-state index in [2.05, 4.69) is 15.0 Å². The highest BCUT2D eigenvalue weighted by molar-refractivity contribution is 6.31. The van der Waals surface area contributed by atoms with Gasteiger partial charge in [0.1, 0.15) is 0 Å². The summed E-state index contributed by atoms with van der Waals surface area (Å²) < 4.78 is 9.41. The maximum atomic E-state index is 13.1. The molecule has 29 heavy (non-hydrogen) atoms. The van der Waals surface area contributed by atoms with E-state index < -0.39 is 0 Å². The smallest absolute Gasteiger partial charge is 0.329 e. The van der Waals surface area contributed by atoms with E-state index in [1.807, 2.05) is 23.6 Å². The number of aromatic nitrogens is 5. The molecule has 0 spiro atoms. The fourth-order valence-corrected chi connectivity index (χ4v) is 3.77. The first-order valence-electron chi connectivity index (χ1n) is 9.79. The number of fused-ring (bicyclic) bond motifs is 2. The van der Waals surface area contributed by atoms with Gasteiger partial charge in [-0.2, -0.15) is 4.98 Å². The fourth-order valence-electron chi connectivity index (χ4n) is 3.61. The number of ether oxygens (including phenoxy) is 1. The normalized spacial score (nSPS) is 14.0. The molecule has 0 atom stereocenters. The number of imidazole rings is 1. The molecule has 0 saturated heterocycles. The summed E-state index contributed by atoms with van der Waals surface area (Å²) in [4.78, 5) is 26.6. The molecule has 8 heteroatoms. The summed E-state index contributed by atoms with van der Waals surface area (Å²) in [6.07, 6.45) is 6.37. The third kappa shape index (κ3) is 3.25. The molecule has 5 rings (SSSR count). The van der Waals surface area contributed by atoms with Gasteiger partial charge in [-0.3, -0.25) is 14.1 Å². The number of hydrogen-bond donors (Lipinski definition) is 0. The van der Waals surface area contributed by atoms with Crippen LogP contribution >= 0.6 is 11.6 Å². The van der Waals surface area contributed by atoms with E-state index >= 15 is 0 Å². The first-order valence-corrected chi connectivity index (χ1v) is 10.2. The minimum atomic E-state index is -0.0543. The fraction of sp³-hybridized carbons (Fsp3) is 0.333. The van der Waals surface area contributed by atoms with Crippen LogP contribution in [0, 0.1) is 0 Å². The quantitative estimate of drug-likeness (QED) is 0.481. The summed E-state index contributed by atoms with van der Waals surface area (Å²) in [5, 5.41) is 1.40. The van der Waals surface area contributed by atoms with Crippen LogP contribution in [-0.4, -0.2) is 30.7 Å². The van der Waals surface area contributed by atoms with E-state index in [1.54, 1.807) is 29.1 Å². The predicted molar refractivity (Wildman–Crippen MR) is 112 cm³/mol. The van der Waals surface area contributed by atoms with Gasteiger partial charge in [-0.1, -0.05) is 18.5 Å². The summed E-state index contributed by atoms with van der Waals surface area (Å²) >= 11 is 6.17. The second-order valence-corrected chi connectivity index (χ2v) is 7.73. The summed E-state index contributed by atoms with van der Waals surface area (Å²) in [7, 11) is 0. The average molecular weight is 410 g/mol. The van der Waals surface area contributed by atoms with Crippen molar-refractivity contribution in [3.8, 4) is 5.88 Å². The van der Waals surface area contributed by atoms with Crippen LogP contribution in [0.25, 0.3) is 21.9 Å². The first-order chi connectivity index (χ1) is 14.2. The monoisotopic (exact) mass is 409 g/mol. The molecule has 148 valence electrons. The van der Waals surface area contributed by atoms with Crippen molar-refractivity contribution >= 4 is 33.5 Å². The maximum Gasteiger partial charge on any atom is 0.329 e. The Bertz CT molecular complexity index is 1280. The summed E-state index contributed by atoms with van der Waals surface area (Å²) in [6.45, 7) is 2.84. The Hall–Kier alpha value is -2.93. The predicted octanol–water partition coefficient (Wildman–Crippen LogP) is 3.97. The minimum absolute atomic E-state index is 0.0543. The third-order valence-corrected chi connectivity index (χ3v) is 5.32. The SMILES string of the molecule is CCCOc1nc(Cn2c(=O)n(C3CC3)c3ccncc32)nc2cc(Cl)ccc12. The Morgan fingerprint density at radius 3 is 2.86 bits per heavy atom. The lowest BCUT2D eigenvalue weighted by atomic mass is 10.2. The van der Waals surface area contributed by atoms with Gasteiger partial charge in [0.2, 0.25) is 5.88 Å². The zero-order chi connectivity index (χ0) is 20.0. The van der Waals surface area contributed by atoms with Crippen molar-refractivity contribution in [1.29, 1.82) is 0 Å². The van der Waals surface area contributed by atoms with Crippen LogP contribution in [0.15, 0.2) is 41.5 Å². The van der Waals surface area contributed by atoms with Crippen LogP contribution in [0.3, 0.4) is 0 Å². The number of benzene rings is 1. The molecule has 7 nitrogen and oxygen atoms in total. The lowest BCUT2D eigenvalue weighted by molar-refractivity contribution is 0.307. The van der Waals surface area contributed by atoms with Crippen molar-refractivity contribution in [1.82, 2.24) is 24.1 Å². The van der Waals surface area contributed by atoms with Gasteiger partial charge in [0, 0.05) is 17.3 Å². The van der Waals surface area contributed by atoms with E-state index in [0.717, 1.165) is 35.7 Å². The highest BCUT2D eigenvalue weighted by Crippen LogP contribution is 2.36. The van der Waals surface area contributed by atoms with Gasteiger partial charge < -0.3 is 4.74 Å². The zero-order valence-electron chi connectivity index (χ0n) is 16.0. The molecule has 0 radical (unpaired) electrons. The van der Waals surface area contributed by atoms with E-state index in [9.17, 15) is 4.79 Å². The molecule has 0 unspecified atom stereocenters. The zero-order valence-corrected chi connectivity index (χ0v) is 16.8. The van der Waals surface area contributed by atoms with Crippen molar-refractivity contribution in [3.63, 3.8) is 0 Å². The molecular formula is C21H20ClN5O2. The molecule has 0 amide bonds. The molecule has 3 aromatic heterocycles. The molecule has 3 heterocycles. The molecule has 4 aromatic rings. The molecule has 0 bridgehead atoms. The number of rotatable bonds is 6. The van der Waals surface area contributed by atoms with Crippen LogP contribution in [-0.2, 0) is 6.54 Å². The summed E-state index contributed by atoms with van der Waals surface area (Å²) in [6, 6.07) is 7.61.